The fraction of sp³-hybridized carbons (Fsp3) is 0.300. The molecule has 0 aliphatic heterocycles. The standard InChI is InChI=1S/C10H10ClNOS/c1-7(6-11)14-10-8-4-2-3-5-9(8)13-12-10/h2-5,7H,6H2,1H3. The van der Waals surface area contributed by atoms with E-state index in [4.69, 9.17) is 16.1 Å². The quantitative estimate of drug-likeness (QED) is 0.593. The van der Waals surface area contributed by atoms with Crippen LogP contribution in [0.25, 0.3) is 11.0 Å². The molecule has 0 saturated heterocycles. The van der Waals surface area contributed by atoms with Gasteiger partial charge in [0.1, 0.15) is 5.03 Å². The van der Waals surface area contributed by atoms with Crippen molar-refractivity contribution in [3.8, 4) is 0 Å². The Balaban J connectivity index is 2.33. The van der Waals surface area contributed by atoms with Crippen molar-refractivity contribution in [2.24, 2.45) is 0 Å². The number of benzene rings is 1. The number of rotatable bonds is 3. The fourth-order valence-corrected chi connectivity index (χ4v) is 2.18. The Morgan fingerprint density at radius 3 is 3.07 bits per heavy atom. The van der Waals surface area contributed by atoms with E-state index in [1.807, 2.05) is 24.3 Å². The third kappa shape index (κ3) is 1.88. The normalized spacial score (nSPS) is 13.3. The van der Waals surface area contributed by atoms with Gasteiger partial charge in [-0.2, -0.15) is 0 Å². The molecule has 1 atom stereocenters. The molecule has 2 aromatic rings. The molecule has 1 heterocycles. The van der Waals surface area contributed by atoms with Crippen LogP contribution in [0.15, 0.2) is 33.8 Å². The molecule has 0 amide bonds. The molecule has 0 bridgehead atoms. The number of nitrogens with zero attached hydrogens (tertiary/aromatic N) is 1. The number of thioether (sulfide) groups is 1. The Morgan fingerprint density at radius 1 is 1.50 bits per heavy atom. The van der Waals surface area contributed by atoms with E-state index in [0.29, 0.717) is 11.1 Å². The van der Waals surface area contributed by atoms with Gasteiger partial charge in [-0.25, -0.2) is 0 Å². The lowest BCUT2D eigenvalue weighted by Gasteiger charge is -2.02. The van der Waals surface area contributed by atoms with Gasteiger partial charge >= 0.3 is 0 Å². The first kappa shape index (κ1) is 9.87. The van der Waals surface area contributed by atoms with Crippen LogP contribution in [0.4, 0.5) is 0 Å². The molecule has 74 valence electrons. The van der Waals surface area contributed by atoms with Crippen molar-refractivity contribution in [3.63, 3.8) is 0 Å². The van der Waals surface area contributed by atoms with Crippen molar-refractivity contribution in [1.29, 1.82) is 0 Å². The first-order valence-corrected chi connectivity index (χ1v) is 5.79. The summed E-state index contributed by atoms with van der Waals surface area (Å²) in [4.78, 5) is 0. The maximum atomic E-state index is 5.74. The van der Waals surface area contributed by atoms with E-state index in [1.54, 1.807) is 11.8 Å². The topological polar surface area (TPSA) is 26.0 Å². The van der Waals surface area contributed by atoms with Crippen LogP contribution in [0.2, 0.25) is 0 Å². The highest BCUT2D eigenvalue weighted by atomic mass is 35.5. The van der Waals surface area contributed by atoms with Crippen molar-refractivity contribution >= 4 is 34.3 Å². The summed E-state index contributed by atoms with van der Waals surface area (Å²) in [5.74, 6) is 0.617. The van der Waals surface area contributed by atoms with Crippen LogP contribution in [0.5, 0.6) is 0 Å². The van der Waals surface area contributed by atoms with Gasteiger partial charge in [0, 0.05) is 11.1 Å². The Morgan fingerprint density at radius 2 is 2.29 bits per heavy atom. The van der Waals surface area contributed by atoms with Gasteiger partial charge in [0.05, 0.1) is 5.39 Å². The number of fused-ring (bicyclic) bond motifs is 1. The zero-order valence-corrected chi connectivity index (χ0v) is 9.31. The smallest absolute Gasteiger partial charge is 0.168 e. The van der Waals surface area contributed by atoms with Crippen LogP contribution in [0.1, 0.15) is 6.92 Å². The van der Waals surface area contributed by atoms with E-state index in [0.717, 1.165) is 16.0 Å². The minimum absolute atomic E-state index is 0.352. The van der Waals surface area contributed by atoms with Crippen LogP contribution in [-0.2, 0) is 0 Å². The minimum Gasteiger partial charge on any atom is -0.355 e. The van der Waals surface area contributed by atoms with Crippen LogP contribution in [-0.4, -0.2) is 16.3 Å². The number of halogens is 1. The van der Waals surface area contributed by atoms with E-state index in [1.165, 1.54) is 0 Å². The molecule has 1 aromatic carbocycles. The molecule has 0 aliphatic carbocycles. The summed E-state index contributed by atoms with van der Waals surface area (Å²) in [7, 11) is 0. The van der Waals surface area contributed by atoms with Gasteiger partial charge < -0.3 is 4.52 Å². The molecule has 0 aliphatic rings. The van der Waals surface area contributed by atoms with Crippen molar-refractivity contribution < 1.29 is 4.52 Å². The average Bonchev–Trinajstić information content (AvgIpc) is 2.62. The Kier molecular flexibility index (Phi) is 2.99. The minimum atomic E-state index is 0.352. The maximum absolute atomic E-state index is 5.74. The Bertz CT molecular complexity index is 429. The van der Waals surface area contributed by atoms with Gasteiger partial charge in [-0.15, -0.1) is 11.6 Å². The molecule has 0 fully saturated rings. The molecular formula is C10H10ClNOS. The molecule has 4 heteroatoms. The fourth-order valence-electron chi connectivity index (χ4n) is 1.17. The lowest BCUT2D eigenvalue weighted by Crippen LogP contribution is -1.96. The summed E-state index contributed by atoms with van der Waals surface area (Å²) in [6.45, 7) is 2.07. The third-order valence-corrected chi connectivity index (χ3v) is 3.61. The molecule has 2 nitrogen and oxygen atoms in total. The first-order chi connectivity index (χ1) is 6.81. The summed E-state index contributed by atoms with van der Waals surface area (Å²) < 4.78 is 5.18. The molecule has 0 N–H and O–H groups in total. The highest BCUT2D eigenvalue weighted by Gasteiger charge is 2.10. The van der Waals surface area contributed by atoms with Crippen LogP contribution < -0.4 is 0 Å². The monoisotopic (exact) mass is 227 g/mol. The summed E-state index contributed by atoms with van der Waals surface area (Å²) >= 11 is 7.38. The number of hydrogen-bond donors (Lipinski definition) is 0. The number of para-hydroxylation sites is 1. The molecule has 14 heavy (non-hydrogen) atoms. The zero-order valence-electron chi connectivity index (χ0n) is 7.74. The molecule has 1 aromatic heterocycles. The second kappa shape index (κ2) is 4.24. The lowest BCUT2D eigenvalue weighted by atomic mass is 10.3. The van der Waals surface area contributed by atoms with Crippen LogP contribution in [0, 0.1) is 0 Å². The Labute approximate surface area is 91.6 Å². The second-order valence-electron chi connectivity index (χ2n) is 3.07. The predicted octanol–water partition coefficient (Wildman–Crippen LogP) is 3.55. The number of hydrogen-bond acceptors (Lipinski definition) is 3. The largest absolute Gasteiger partial charge is 0.355 e. The lowest BCUT2D eigenvalue weighted by molar-refractivity contribution is 0.437. The van der Waals surface area contributed by atoms with E-state index in [9.17, 15) is 0 Å². The second-order valence-corrected chi connectivity index (χ2v) is 4.80. The highest BCUT2D eigenvalue weighted by molar-refractivity contribution is 8.00. The SMILES string of the molecule is CC(CCl)Sc1noc2ccccc12. The summed E-state index contributed by atoms with van der Waals surface area (Å²) in [6.07, 6.45) is 0. The summed E-state index contributed by atoms with van der Waals surface area (Å²) in [5.41, 5.74) is 0.830. The molecule has 1 unspecified atom stereocenters. The van der Waals surface area contributed by atoms with Gasteiger partial charge in [0.15, 0.2) is 5.58 Å². The van der Waals surface area contributed by atoms with Crippen molar-refractivity contribution in [3.05, 3.63) is 24.3 Å². The zero-order chi connectivity index (χ0) is 9.97. The van der Waals surface area contributed by atoms with E-state index >= 15 is 0 Å². The number of aromatic nitrogens is 1. The molecule has 0 spiro atoms. The van der Waals surface area contributed by atoms with Gasteiger partial charge in [-0.05, 0) is 12.1 Å². The van der Waals surface area contributed by atoms with Gasteiger partial charge in [0.2, 0.25) is 0 Å². The molecule has 0 saturated carbocycles. The van der Waals surface area contributed by atoms with E-state index in [2.05, 4.69) is 12.1 Å². The van der Waals surface area contributed by atoms with Gasteiger partial charge in [-0.3, -0.25) is 0 Å². The summed E-state index contributed by atoms with van der Waals surface area (Å²) in [5, 5.41) is 6.35. The molecular weight excluding hydrogens is 218 g/mol. The van der Waals surface area contributed by atoms with E-state index < -0.39 is 0 Å². The number of alkyl halides is 1. The maximum Gasteiger partial charge on any atom is 0.168 e. The predicted molar refractivity (Wildman–Crippen MR) is 60.0 cm³/mol. The average molecular weight is 228 g/mol. The van der Waals surface area contributed by atoms with Crippen molar-refractivity contribution in [2.75, 3.05) is 5.88 Å². The highest BCUT2D eigenvalue weighted by Crippen LogP contribution is 2.29. The van der Waals surface area contributed by atoms with Crippen LogP contribution in [0.3, 0.4) is 0 Å². The first-order valence-electron chi connectivity index (χ1n) is 4.38. The summed E-state index contributed by atoms with van der Waals surface area (Å²) in [6, 6.07) is 7.84. The van der Waals surface area contributed by atoms with Crippen molar-refractivity contribution in [1.82, 2.24) is 5.16 Å². The molecule has 2 rings (SSSR count). The Hall–Kier alpha value is -0.670. The van der Waals surface area contributed by atoms with Gasteiger partial charge in [-0.1, -0.05) is 36.0 Å². The van der Waals surface area contributed by atoms with Gasteiger partial charge in [0.25, 0.3) is 0 Å². The van der Waals surface area contributed by atoms with E-state index in [-0.39, 0.29) is 0 Å². The van der Waals surface area contributed by atoms with Crippen LogP contribution >= 0.6 is 23.4 Å². The van der Waals surface area contributed by atoms with Crippen molar-refractivity contribution in [2.45, 2.75) is 17.2 Å². The molecule has 0 radical (unpaired) electrons. The third-order valence-electron chi connectivity index (χ3n) is 1.87.